The van der Waals surface area contributed by atoms with E-state index in [0.29, 0.717) is 12.1 Å². The van der Waals surface area contributed by atoms with Crippen molar-refractivity contribution in [1.29, 1.82) is 0 Å². The van der Waals surface area contributed by atoms with Crippen molar-refractivity contribution in [3.63, 3.8) is 0 Å². The highest BCUT2D eigenvalue weighted by Gasteiger charge is 2.18. The maximum Gasteiger partial charge on any atom is 0.271 e. The van der Waals surface area contributed by atoms with Gasteiger partial charge < -0.3 is 5.32 Å². The summed E-state index contributed by atoms with van der Waals surface area (Å²) >= 11 is 1.13. The maximum absolute atomic E-state index is 12.2. The first-order valence-electron chi connectivity index (χ1n) is 6.48. The third-order valence-electron chi connectivity index (χ3n) is 2.71. The summed E-state index contributed by atoms with van der Waals surface area (Å²) in [5.41, 5.74) is 0.589. The summed E-state index contributed by atoms with van der Waals surface area (Å²) in [5.74, 6) is -0.290. The van der Waals surface area contributed by atoms with Gasteiger partial charge in [0.15, 0.2) is 0 Å². The molecule has 1 heterocycles. The molecule has 0 aliphatic heterocycles. The zero-order valence-corrected chi connectivity index (χ0v) is 13.1. The number of amides is 1. The summed E-state index contributed by atoms with van der Waals surface area (Å²) in [6.07, 6.45) is 0.814. The van der Waals surface area contributed by atoms with Crippen molar-refractivity contribution in [2.24, 2.45) is 0 Å². The molecule has 21 heavy (non-hydrogen) atoms. The third kappa shape index (κ3) is 3.83. The molecule has 2 N–H and O–H groups in total. The molecule has 5 nitrogen and oxygen atoms in total. The lowest BCUT2D eigenvalue weighted by molar-refractivity contribution is 0.0954. The monoisotopic (exact) mass is 324 g/mol. The van der Waals surface area contributed by atoms with Crippen LogP contribution < -0.4 is 10.0 Å². The van der Waals surface area contributed by atoms with Gasteiger partial charge in [0.05, 0.1) is 11.3 Å². The predicted molar refractivity (Wildman–Crippen MR) is 84.2 cm³/mol. The molecule has 0 spiro atoms. The van der Waals surface area contributed by atoms with Gasteiger partial charge in [-0.2, -0.15) is 0 Å². The summed E-state index contributed by atoms with van der Waals surface area (Å²) in [4.78, 5) is 12.1. The molecule has 112 valence electrons. The van der Waals surface area contributed by atoms with Crippen molar-refractivity contribution in [2.75, 3.05) is 11.3 Å². The highest BCUT2D eigenvalue weighted by atomic mass is 32.2. The van der Waals surface area contributed by atoms with E-state index in [2.05, 4.69) is 10.0 Å². The predicted octanol–water partition coefficient (Wildman–Crippen LogP) is 2.69. The van der Waals surface area contributed by atoms with E-state index in [0.717, 1.165) is 17.8 Å². The lowest BCUT2D eigenvalue weighted by Crippen LogP contribution is -2.25. The Morgan fingerprint density at radius 3 is 2.62 bits per heavy atom. The van der Waals surface area contributed by atoms with Crippen molar-refractivity contribution in [3.05, 3.63) is 47.3 Å². The van der Waals surface area contributed by atoms with Crippen LogP contribution in [0.2, 0.25) is 0 Å². The van der Waals surface area contributed by atoms with Crippen molar-refractivity contribution >= 4 is 33.0 Å². The van der Waals surface area contributed by atoms with Crippen LogP contribution in [0.25, 0.3) is 0 Å². The van der Waals surface area contributed by atoms with Crippen molar-refractivity contribution in [3.8, 4) is 0 Å². The fourth-order valence-corrected chi connectivity index (χ4v) is 3.79. The molecule has 1 aromatic heterocycles. The smallest absolute Gasteiger partial charge is 0.271 e. The molecule has 0 saturated carbocycles. The third-order valence-corrected chi connectivity index (χ3v) is 5.47. The average Bonchev–Trinajstić information content (AvgIpc) is 3.00. The van der Waals surface area contributed by atoms with E-state index < -0.39 is 10.0 Å². The number of rotatable bonds is 6. The number of nitrogens with one attached hydrogen (secondary N) is 2. The normalized spacial score (nSPS) is 11.1. The van der Waals surface area contributed by atoms with E-state index in [9.17, 15) is 13.2 Å². The van der Waals surface area contributed by atoms with Crippen LogP contribution in [0, 0.1) is 0 Å². The van der Waals surface area contributed by atoms with Gasteiger partial charge in [-0.25, -0.2) is 8.42 Å². The molecule has 0 bridgehead atoms. The molecule has 2 rings (SSSR count). The fourth-order valence-electron chi connectivity index (χ4n) is 1.72. The number of para-hydroxylation sites is 1. The Bertz CT molecular complexity index is 710. The van der Waals surface area contributed by atoms with Crippen LogP contribution in [-0.4, -0.2) is 20.9 Å². The lowest BCUT2D eigenvalue weighted by atomic mass is 10.1. The van der Waals surface area contributed by atoms with Gasteiger partial charge >= 0.3 is 0 Å². The Morgan fingerprint density at radius 2 is 1.95 bits per heavy atom. The number of anilines is 1. The molecule has 7 heteroatoms. The topological polar surface area (TPSA) is 75.3 Å². The number of carbonyl (C=O) groups excluding carboxylic acids is 1. The Balaban J connectivity index is 2.27. The highest BCUT2D eigenvalue weighted by Crippen LogP contribution is 2.22. The lowest BCUT2D eigenvalue weighted by Gasteiger charge is -2.11. The van der Waals surface area contributed by atoms with Gasteiger partial charge in [0.2, 0.25) is 0 Å². The summed E-state index contributed by atoms with van der Waals surface area (Å²) < 4.78 is 27.1. The standard InChI is InChI=1S/C14H16N2O3S2/c1-2-9-15-14(17)11-6-3-4-7-12(11)16-21(18,19)13-8-5-10-20-13/h3-8,10,16H,2,9H2,1H3,(H,15,17). The summed E-state index contributed by atoms with van der Waals surface area (Å²) in [5, 5.41) is 4.43. The van der Waals surface area contributed by atoms with E-state index in [4.69, 9.17) is 0 Å². The molecule has 1 amide bonds. The van der Waals surface area contributed by atoms with Crippen LogP contribution in [0.1, 0.15) is 23.7 Å². The van der Waals surface area contributed by atoms with Crippen molar-refractivity contribution in [2.45, 2.75) is 17.6 Å². The minimum Gasteiger partial charge on any atom is -0.352 e. The molecular formula is C14H16N2O3S2. The fraction of sp³-hybridized carbons (Fsp3) is 0.214. The molecule has 0 aliphatic rings. The second-order valence-electron chi connectivity index (χ2n) is 4.34. The number of carbonyl (C=O) groups is 1. The number of sulfonamides is 1. The number of benzene rings is 1. The van der Waals surface area contributed by atoms with Gasteiger partial charge in [-0.1, -0.05) is 25.1 Å². The summed E-state index contributed by atoms with van der Waals surface area (Å²) in [7, 11) is -3.66. The molecular weight excluding hydrogens is 308 g/mol. The number of hydrogen-bond acceptors (Lipinski definition) is 4. The molecule has 1 aromatic carbocycles. The van der Waals surface area contributed by atoms with Gasteiger partial charge in [-0.05, 0) is 30.0 Å². The van der Waals surface area contributed by atoms with E-state index >= 15 is 0 Å². The Morgan fingerprint density at radius 1 is 1.19 bits per heavy atom. The van der Waals surface area contributed by atoms with Crippen LogP contribution >= 0.6 is 11.3 Å². The van der Waals surface area contributed by atoms with Crippen LogP contribution in [0.3, 0.4) is 0 Å². The average molecular weight is 324 g/mol. The number of hydrogen-bond donors (Lipinski definition) is 2. The minimum atomic E-state index is -3.66. The van der Waals surface area contributed by atoms with E-state index in [1.165, 1.54) is 6.07 Å². The first-order valence-corrected chi connectivity index (χ1v) is 8.84. The Kier molecular flexibility index (Phi) is 4.98. The highest BCUT2D eigenvalue weighted by molar-refractivity contribution is 7.94. The van der Waals surface area contributed by atoms with Gasteiger partial charge in [0.1, 0.15) is 4.21 Å². The molecule has 0 aliphatic carbocycles. The number of thiophene rings is 1. The zero-order valence-electron chi connectivity index (χ0n) is 11.5. The first-order chi connectivity index (χ1) is 10.0. The van der Waals surface area contributed by atoms with Gasteiger partial charge in [-0.3, -0.25) is 9.52 Å². The molecule has 0 radical (unpaired) electrons. The molecule has 0 unspecified atom stereocenters. The SMILES string of the molecule is CCCNC(=O)c1ccccc1NS(=O)(=O)c1cccs1. The molecule has 0 fully saturated rings. The van der Waals surface area contributed by atoms with Crippen LogP contribution in [-0.2, 0) is 10.0 Å². The van der Waals surface area contributed by atoms with E-state index in [1.54, 1.807) is 35.7 Å². The zero-order chi connectivity index (χ0) is 15.3. The second-order valence-corrected chi connectivity index (χ2v) is 7.20. The van der Waals surface area contributed by atoms with Gasteiger partial charge in [0.25, 0.3) is 15.9 Å². The van der Waals surface area contributed by atoms with Gasteiger partial charge in [-0.15, -0.1) is 11.3 Å². The maximum atomic E-state index is 12.2. The van der Waals surface area contributed by atoms with Crippen LogP contribution in [0.5, 0.6) is 0 Å². The quantitative estimate of drug-likeness (QED) is 0.858. The first kappa shape index (κ1) is 15.5. The molecule has 0 atom stereocenters. The van der Waals surface area contributed by atoms with Crippen LogP contribution in [0.4, 0.5) is 5.69 Å². The Hall–Kier alpha value is -1.86. The van der Waals surface area contributed by atoms with Crippen molar-refractivity contribution in [1.82, 2.24) is 5.32 Å². The second kappa shape index (κ2) is 6.73. The minimum absolute atomic E-state index is 0.214. The summed E-state index contributed by atoms with van der Waals surface area (Å²) in [6.45, 7) is 2.50. The molecule has 2 aromatic rings. The van der Waals surface area contributed by atoms with E-state index in [1.807, 2.05) is 6.92 Å². The largest absolute Gasteiger partial charge is 0.352 e. The van der Waals surface area contributed by atoms with E-state index in [-0.39, 0.29) is 15.8 Å². The summed E-state index contributed by atoms with van der Waals surface area (Å²) in [6, 6.07) is 9.74. The van der Waals surface area contributed by atoms with Crippen molar-refractivity contribution < 1.29 is 13.2 Å². The molecule has 0 saturated heterocycles. The van der Waals surface area contributed by atoms with Gasteiger partial charge in [0, 0.05) is 6.54 Å². The Labute approximate surface area is 128 Å². The van der Waals surface area contributed by atoms with Crippen LogP contribution in [0.15, 0.2) is 46.0 Å².